The van der Waals surface area contributed by atoms with Crippen molar-refractivity contribution in [1.82, 2.24) is 0 Å². The molecule has 108 valence electrons. The number of halogens is 5. The van der Waals surface area contributed by atoms with Crippen molar-refractivity contribution in [1.29, 1.82) is 0 Å². The standard InChI is InChI=1S/C8H7F5S3.2CH4/c1-4-6-3-7(16(9,10,11,12)13)15-8(6)5(2)14-4;;/h3H,1-2H3;2*1H4. The van der Waals surface area contributed by atoms with E-state index in [1.165, 1.54) is 11.3 Å². The molecule has 0 aliphatic heterocycles. The molecule has 0 saturated carbocycles. The molecule has 2 aromatic rings. The fraction of sp³-hybridized carbons (Fsp3) is 0.400. The van der Waals surface area contributed by atoms with Crippen LogP contribution in [0.15, 0.2) is 10.3 Å². The number of hydrogen-bond donors (Lipinski definition) is 0. The lowest BCUT2D eigenvalue weighted by Crippen LogP contribution is -2.02. The zero-order valence-corrected chi connectivity index (χ0v) is 10.6. The summed E-state index contributed by atoms with van der Waals surface area (Å²) in [5.74, 6) is 0. The van der Waals surface area contributed by atoms with E-state index >= 15 is 0 Å². The topological polar surface area (TPSA) is 0 Å². The average molecular weight is 326 g/mol. The van der Waals surface area contributed by atoms with Crippen LogP contribution in [0, 0.1) is 13.8 Å². The number of thiophene rings is 2. The van der Waals surface area contributed by atoms with Gasteiger partial charge in [0.25, 0.3) is 0 Å². The van der Waals surface area contributed by atoms with Crippen molar-refractivity contribution in [3.63, 3.8) is 0 Å². The van der Waals surface area contributed by atoms with Gasteiger partial charge < -0.3 is 0 Å². The van der Waals surface area contributed by atoms with Gasteiger partial charge in [-0.05, 0) is 19.9 Å². The van der Waals surface area contributed by atoms with E-state index in [0.29, 0.717) is 20.5 Å². The molecule has 0 atom stereocenters. The van der Waals surface area contributed by atoms with Gasteiger partial charge in [-0.1, -0.05) is 34.3 Å². The highest BCUT2D eigenvalue weighted by molar-refractivity contribution is 8.46. The largest absolute Gasteiger partial charge is 0.318 e. The van der Waals surface area contributed by atoms with Gasteiger partial charge in [0.1, 0.15) is 0 Å². The molecule has 0 bridgehead atoms. The van der Waals surface area contributed by atoms with E-state index in [0.717, 1.165) is 0 Å². The summed E-state index contributed by atoms with van der Waals surface area (Å²) in [6.45, 7) is 3.26. The molecule has 2 rings (SSSR count). The fourth-order valence-corrected chi connectivity index (χ4v) is 4.72. The first-order chi connectivity index (χ1) is 6.88. The number of aryl methyl sites for hydroxylation is 2. The molecule has 18 heavy (non-hydrogen) atoms. The van der Waals surface area contributed by atoms with Crippen molar-refractivity contribution in [3.05, 3.63) is 15.8 Å². The van der Waals surface area contributed by atoms with Crippen LogP contribution in [-0.4, -0.2) is 0 Å². The molecule has 0 fully saturated rings. The van der Waals surface area contributed by atoms with Crippen molar-refractivity contribution in [2.24, 2.45) is 0 Å². The van der Waals surface area contributed by atoms with Gasteiger partial charge in [-0.25, -0.2) is 0 Å². The van der Waals surface area contributed by atoms with Crippen molar-refractivity contribution < 1.29 is 19.4 Å². The lowest BCUT2D eigenvalue weighted by molar-refractivity contribution is 0.368. The summed E-state index contributed by atoms with van der Waals surface area (Å²) in [6.07, 6.45) is 0. The van der Waals surface area contributed by atoms with E-state index in [9.17, 15) is 19.4 Å². The van der Waals surface area contributed by atoms with Crippen molar-refractivity contribution in [2.75, 3.05) is 0 Å². The first-order valence-corrected chi connectivity index (χ1v) is 7.70. The summed E-state index contributed by atoms with van der Waals surface area (Å²) < 4.78 is 61.3. The van der Waals surface area contributed by atoms with E-state index in [1.54, 1.807) is 13.8 Å². The Morgan fingerprint density at radius 3 is 1.78 bits per heavy atom. The Morgan fingerprint density at radius 2 is 1.39 bits per heavy atom. The summed E-state index contributed by atoms with van der Waals surface area (Å²) >= 11 is 1.45. The zero-order chi connectivity index (χ0) is 12.4. The average Bonchev–Trinajstić information content (AvgIpc) is 2.50. The highest BCUT2D eigenvalue weighted by Gasteiger charge is 2.66. The van der Waals surface area contributed by atoms with Gasteiger partial charge in [-0.2, -0.15) is 0 Å². The second-order valence-electron chi connectivity index (χ2n) is 3.49. The monoisotopic (exact) mass is 326 g/mol. The number of hydrogen-bond acceptors (Lipinski definition) is 2. The molecule has 0 amide bonds. The summed E-state index contributed by atoms with van der Waals surface area (Å²) in [5.41, 5.74) is 0. The minimum atomic E-state index is -9.51. The van der Waals surface area contributed by atoms with Crippen LogP contribution in [0.3, 0.4) is 0 Å². The molecule has 8 heteroatoms. The molecule has 0 saturated heterocycles. The van der Waals surface area contributed by atoms with Gasteiger partial charge >= 0.3 is 10.2 Å². The zero-order valence-electron chi connectivity index (χ0n) is 8.19. The van der Waals surface area contributed by atoms with Crippen LogP contribution in [0.4, 0.5) is 19.4 Å². The van der Waals surface area contributed by atoms with Gasteiger partial charge in [-0.15, -0.1) is 22.7 Å². The minimum Gasteiger partial charge on any atom is -0.144 e. The molecule has 2 aromatic heterocycles. The van der Waals surface area contributed by atoms with Crippen LogP contribution in [0.25, 0.3) is 10.1 Å². The lowest BCUT2D eigenvalue weighted by atomic mass is 10.3. The van der Waals surface area contributed by atoms with Crippen LogP contribution in [0.2, 0.25) is 0 Å². The summed E-state index contributed by atoms with van der Waals surface area (Å²) in [6, 6.07) is 0.570. The maximum atomic E-state index is 12.5. The Hall–Kier alpha value is -0.340. The molecule has 0 radical (unpaired) electrons. The van der Waals surface area contributed by atoms with Crippen molar-refractivity contribution in [2.45, 2.75) is 32.9 Å². The maximum Gasteiger partial charge on any atom is 0.318 e. The molecule has 0 spiro atoms. The Morgan fingerprint density at radius 1 is 0.889 bits per heavy atom. The fourth-order valence-electron chi connectivity index (χ4n) is 1.41. The second kappa shape index (κ2) is 3.83. The molecular formula is C10H15F5S3. The van der Waals surface area contributed by atoms with Gasteiger partial charge in [-0.3, -0.25) is 0 Å². The molecular weight excluding hydrogens is 311 g/mol. The SMILES string of the molecule is C.C.Cc1sc(C)c2sc(S(F)(F)(F)(F)F)cc12. The first-order valence-electron chi connectivity index (χ1n) is 4.12. The minimum absolute atomic E-state index is 0. The normalized spacial score (nSPS) is 15.5. The van der Waals surface area contributed by atoms with Gasteiger partial charge in [0, 0.05) is 19.8 Å². The Bertz CT molecular complexity index is 541. The van der Waals surface area contributed by atoms with Crippen molar-refractivity contribution >= 4 is 43.0 Å². The third-order valence-electron chi connectivity index (χ3n) is 2.09. The summed E-state index contributed by atoms with van der Waals surface area (Å²) in [5, 5.41) is 0.288. The lowest BCUT2D eigenvalue weighted by Gasteiger charge is -2.38. The number of rotatable bonds is 1. The Kier molecular flexibility index (Phi) is 3.76. The van der Waals surface area contributed by atoms with E-state index in [-0.39, 0.29) is 31.6 Å². The molecule has 0 aliphatic rings. The molecule has 0 aliphatic carbocycles. The van der Waals surface area contributed by atoms with Crippen LogP contribution in [0.5, 0.6) is 0 Å². The van der Waals surface area contributed by atoms with Crippen LogP contribution < -0.4 is 0 Å². The van der Waals surface area contributed by atoms with E-state index in [2.05, 4.69) is 0 Å². The smallest absolute Gasteiger partial charge is 0.144 e. The maximum absolute atomic E-state index is 12.5. The second-order valence-corrected chi connectivity index (χ2v) is 8.61. The van der Waals surface area contributed by atoms with Crippen LogP contribution in [0.1, 0.15) is 24.6 Å². The molecule has 0 unspecified atom stereocenters. The van der Waals surface area contributed by atoms with Gasteiger partial charge in [0.05, 0.1) is 0 Å². The highest BCUT2D eigenvalue weighted by Crippen LogP contribution is 3.03. The Balaban J connectivity index is 0.00000144. The predicted octanol–water partition coefficient (Wildman–Crippen LogP) is 7.51. The van der Waals surface area contributed by atoms with Crippen molar-refractivity contribution in [3.8, 4) is 0 Å². The van der Waals surface area contributed by atoms with E-state index in [4.69, 9.17) is 0 Å². The Labute approximate surface area is 111 Å². The predicted molar refractivity (Wildman–Crippen MR) is 74.0 cm³/mol. The molecule has 0 aromatic carbocycles. The highest BCUT2D eigenvalue weighted by atomic mass is 32.5. The third-order valence-corrected chi connectivity index (χ3v) is 6.38. The first kappa shape index (κ1) is 17.7. The molecule has 0 nitrogen and oxygen atoms in total. The van der Waals surface area contributed by atoms with Gasteiger partial charge in [0.15, 0.2) is 4.21 Å². The van der Waals surface area contributed by atoms with E-state index < -0.39 is 14.4 Å². The molecule has 0 N–H and O–H groups in total. The summed E-state index contributed by atoms with van der Waals surface area (Å²) in [7, 11) is -9.51. The third kappa shape index (κ3) is 2.97. The van der Waals surface area contributed by atoms with Crippen LogP contribution in [-0.2, 0) is 0 Å². The van der Waals surface area contributed by atoms with E-state index in [1.807, 2.05) is 0 Å². The quantitative estimate of drug-likeness (QED) is 0.476. The number of fused-ring (bicyclic) bond motifs is 1. The van der Waals surface area contributed by atoms with Crippen LogP contribution >= 0.6 is 32.9 Å². The summed E-state index contributed by atoms with van der Waals surface area (Å²) in [4.78, 5) is 1.28. The van der Waals surface area contributed by atoms with Gasteiger partial charge in [0.2, 0.25) is 0 Å². The molecule has 2 heterocycles.